The number of benzene rings is 1. The van der Waals surface area contributed by atoms with Crippen LogP contribution in [0, 0.1) is 12.7 Å². The molecule has 9 nitrogen and oxygen atoms in total. The number of fused-ring (bicyclic) bond motifs is 3. The second-order valence-electron chi connectivity index (χ2n) is 8.62. The molecule has 0 atom stereocenters. The third kappa shape index (κ3) is 3.85. The maximum Gasteiger partial charge on any atom is 0.332 e. The molecule has 180 valence electrons. The highest BCUT2D eigenvalue weighted by molar-refractivity contribution is 6.31. The number of rotatable bonds is 6. The highest BCUT2D eigenvalue weighted by Crippen LogP contribution is 2.20. The van der Waals surface area contributed by atoms with Crippen LogP contribution in [0.25, 0.3) is 16.9 Å². The van der Waals surface area contributed by atoms with Gasteiger partial charge in [0.25, 0.3) is 5.56 Å². The summed E-state index contributed by atoms with van der Waals surface area (Å²) in [4.78, 5) is 33.5. The van der Waals surface area contributed by atoms with Crippen LogP contribution in [0.15, 0.2) is 34.0 Å². The number of halogens is 2. The molecule has 34 heavy (non-hydrogen) atoms. The number of hydrogen-bond donors (Lipinski definition) is 0. The van der Waals surface area contributed by atoms with Gasteiger partial charge in [-0.15, -0.1) is 0 Å². The maximum atomic E-state index is 14.4. The number of imidazole rings is 2. The fourth-order valence-corrected chi connectivity index (χ4v) is 4.81. The van der Waals surface area contributed by atoms with Gasteiger partial charge in [0.2, 0.25) is 5.78 Å². The molecule has 0 unspecified atom stereocenters. The van der Waals surface area contributed by atoms with Crippen LogP contribution in [0.1, 0.15) is 17.7 Å². The van der Waals surface area contributed by atoms with Crippen molar-refractivity contribution >= 4 is 28.5 Å². The molecule has 11 heteroatoms. The van der Waals surface area contributed by atoms with E-state index in [-0.39, 0.29) is 22.6 Å². The lowest BCUT2D eigenvalue weighted by molar-refractivity contribution is 0.0369. The van der Waals surface area contributed by atoms with Crippen molar-refractivity contribution in [1.29, 1.82) is 0 Å². The van der Waals surface area contributed by atoms with E-state index in [2.05, 4.69) is 14.5 Å². The minimum Gasteiger partial charge on any atom is -0.379 e. The van der Waals surface area contributed by atoms with E-state index >= 15 is 0 Å². The molecule has 1 aliphatic heterocycles. The molecular formula is C23H26ClFN6O3. The topological polar surface area (TPSA) is 78.7 Å². The molecule has 1 aliphatic rings. The smallest absolute Gasteiger partial charge is 0.332 e. The van der Waals surface area contributed by atoms with Crippen LogP contribution in [-0.2, 0) is 24.9 Å². The fourth-order valence-electron chi connectivity index (χ4n) is 4.59. The van der Waals surface area contributed by atoms with Gasteiger partial charge in [-0.3, -0.25) is 23.2 Å². The van der Waals surface area contributed by atoms with Crippen LogP contribution in [0.3, 0.4) is 0 Å². The fraction of sp³-hybridized carbons (Fsp3) is 0.435. The Morgan fingerprint density at radius 2 is 1.91 bits per heavy atom. The Morgan fingerprint density at radius 3 is 2.65 bits per heavy atom. The number of nitrogens with zero attached hydrogens (tertiary/aromatic N) is 6. The molecule has 0 aliphatic carbocycles. The zero-order valence-electron chi connectivity index (χ0n) is 19.1. The lowest BCUT2D eigenvalue weighted by Gasteiger charge is -2.26. The van der Waals surface area contributed by atoms with E-state index in [0.29, 0.717) is 11.4 Å². The van der Waals surface area contributed by atoms with Crippen molar-refractivity contribution < 1.29 is 9.13 Å². The Hall–Kier alpha value is -2.95. The molecule has 5 rings (SSSR count). The van der Waals surface area contributed by atoms with E-state index in [0.717, 1.165) is 56.1 Å². The van der Waals surface area contributed by atoms with Gasteiger partial charge in [0.1, 0.15) is 5.82 Å². The maximum absolute atomic E-state index is 14.4. The SMILES string of the molecule is Cc1cn2c3c(=O)n(Cc4c(F)cccc4Cl)c(=O)n(C)c3nc2n1CCCN1CCOCC1. The number of morpholine rings is 1. The van der Waals surface area contributed by atoms with Crippen molar-refractivity contribution in [2.24, 2.45) is 7.05 Å². The van der Waals surface area contributed by atoms with Crippen LogP contribution >= 0.6 is 11.6 Å². The number of hydrogen-bond acceptors (Lipinski definition) is 5. The molecule has 1 fully saturated rings. The third-order valence-corrected chi connectivity index (χ3v) is 6.83. The summed E-state index contributed by atoms with van der Waals surface area (Å²) in [5, 5.41) is 0.162. The van der Waals surface area contributed by atoms with Crippen LogP contribution in [0.4, 0.5) is 4.39 Å². The highest BCUT2D eigenvalue weighted by atomic mass is 35.5. The van der Waals surface area contributed by atoms with Crippen molar-refractivity contribution in [3.8, 4) is 0 Å². The first-order valence-electron chi connectivity index (χ1n) is 11.3. The molecule has 0 bridgehead atoms. The highest BCUT2D eigenvalue weighted by Gasteiger charge is 2.21. The van der Waals surface area contributed by atoms with Gasteiger partial charge < -0.3 is 9.30 Å². The molecule has 4 aromatic rings. The summed E-state index contributed by atoms with van der Waals surface area (Å²) in [7, 11) is 1.56. The Kier molecular flexibility index (Phi) is 6.05. The van der Waals surface area contributed by atoms with E-state index in [1.807, 2.05) is 13.1 Å². The lowest BCUT2D eigenvalue weighted by atomic mass is 10.2. The van der Waals surface area contributed by atoms with Crippen LogP contribution in [0.5, 0.6) is 0 Å². The first-order chi connectivity index (χ1) is 16.4. The molecular weight excluding hydrogens is 463 g/mol. The molecule has 0 radical (unpaired) electrons. The van der Waals surface area contributed by atoms with Gasteiger partial charge in [0.15, 0.2) is 11.2 Å². The molecule has 0 amide bonds. The summed E-state index contributed by atoms with van der Waals surface area (Å²) in [6.07, 6.45) is 2.77. The summed E-state index contributed by atoms with van der Waals surface area (Å²) in [5.41, 5.74) is 0.523. The number of ether oxygens (including phenoxy) is 1. The quantitative estimate of drug-likeness (QED) is 0.415. The zero-order valence-corrected chi connectivity index (χ0v) is 19.9. The van der Waals surface area contributed by atoms with Crippen molar-refractivity contribution in [1.82, 2.24) is 28.0 Å². The van der Waals surface area contributed by atoms with Crippen molar-refractivity contribution in [2.75, 3.05) is 32.8 Å². The molecule has 3 aromatic heterocycles. The second-order valence-corrected chi connectivity index (χ2v) is 9.02. The Morgan fingerprint density at radius 1 is 1.15 bits per heavy atom. The first kappa shape index (κ1) is 22.8. The average Bonchev–Trinajstić information content (AvgIpc) is 3.33. The largest absolute Gasteiger partial charge is 0.379 e. The van der Waals surface area contributed by atoms with Gasteiger partial charge in [-0.25, -0.2) is 9.18 Å². The van der Waals surface area contributed by atoms with Crippen molar-refractivity contribution in [2.45, 2.75) is 26.4 Å². The van der Waals surface area contributed by atoms with Crippen LogP contribution in [-0.4, -0.2) is 60.8 Å². The van der Waals surface area contributed by atoms with Crippen LogP contribution < -0.4 is 11.2 Å². The lowest BCUT2D eigenvalue weighted by Crippen LogP contribution is -2.39. The van der Waals surface area contributed by atoms with Crippen molar-refractivity contribution in [3.63, 3.8) is 0 Å². The number of aryl methyl sites for hydroxylation is 3. The van der Waals surface area contributed by atoms with Gasteiger partial charge in [0, 0.05) is 55.7 Å². The monoisotopic (exact) mass is 488 g/mol. The zero-order chi connectivity index (χ0) is 24.0. The van der Waals surface area contributed by atoms with E-state index in [4.69, 9.17) is 16.3 Å². The van der Waals surface area contributed by atoms with Gasteiger partial charge in [-0.1, -0.05) is 17.7 Å². The normalized spacial score (nSPS) is 15.1. The van der Waals surface area contributed by atoms with E-state index in [9.17, 15) is 14.0 Å². The minimum absolute atomic E-state index is 0.0975. The van der Waals surface area contributed by atoms with Crippen molar-refractivity contribution in [3.05, 3.63) is 67.3 Å². The van der Waals surface area contributed by atoms with Gasteiger partial charge in [0.05, 0.1) is 19.8 Å². The molecule has 1 aromatic carbocycles. The Labute approximate surface area is 199 Å². The van der Waals surface area contributed by atoms with Gasteiger partial charge >= 0.3 is 5.69 Å². The van der Waals surface area contributed by atoms with Crippen LogP contribution in [0.2, 0.25) is 5.02 Å². The average molecular weight is 489 g/mol. The molecule has 1 saturated heterocycles. The summed E-state index contributed by atoms with van der Waals surface area (Å²) < 4.78 is 25.9. The third-order valence-electron chi connectivity index (χ3n) is 6.48. The van der Waals surface area contributed by atoms with Gasteiger partial charge in [-0.05, 0) is 25.5 Å². The Balaban J connectivity index is 1.55. The standard InChI is InChI=1S/C23H26ClFN6O3/c1-15-13-30-19-20(26-22(30)29(15)8-4-7-28-9-11-34-12-10-28)27(2)23(33)31(21(19)32)14-16-17(24)5-3-6-18(16)25/h3,5-6,13H,4,7-12,14H2,1-2H3. The predicted molar refractivity (Wildman–Crippen MR) is 127 cm³/mol. The molecule has 0 spiro atoms. The van der Waals surface area contributed by atoms with E-state index in [1.165, 1.54) is 22.8 Å². The van der Waals surface area contributed by atoms with Gasteiger partial charge in [-0.2, -0.15) is 4.98 Å². The summed E-state index contributed by atoms with van der Waals surface area (Å²) in [6, 6.07) is 4.27. The first-order valence-corrected chi connectivity index (χ1v) is 11.7. The summed E-state index contributed by atoms with van der Waals surface area (Å²) >= 11 is 6.15. The number of aromatic nitrogens is 5. The second kappa shape index (κ2) is 9.01. The summed E-state index contributed by atoms with van der Waals surface area (Å²) in [6.45, 7) is 6.77. The van der Waals surface area contributed by atoms with E-state index in [1.54, 1.807) is 11.4 Å². The predicted octanol–water partition coefficient (Wildman–Crippen LogP) is 2.02. The summed E-state index contributed by atoms with van der Waals surface area (Å²) in [5.74, 6) is 0.0329. The Bertz CT molecular complexity index is 1470. The minimum atomic E-state index is -0.576. The molecule has 0 N–H and O–H groups in total. The van der Waals surface area contributed by atoms with E-state index < -0.39 is 17.1 Å². The molecule has 4 heterocycles. The molecule has 0 saturated carbocycles.